The largest absolute Gasteiger partial charge is 0.359 e. The zero-order valence-electron chi connectivity index (χ0n) is 8.28. The molecule has 0 saturated heterocycles. The number of H-pyrrole nitrogens is 1. The average molecular weight is 304 g/mol. The molecule has 8 heteroatoms. The number of aromatic nitrogens is 5. The standard InChI is InChI=1S/C8H8BrClN6/c1-4(7-13-15-16-14-7)12-8-6(10)2-5(9)3-11-8/h2-4H,1H3,(H,11,12)(H,13,14,15,16). The van der Waals surface area contributed by atoms with E-state index in [1.165, 1.54) is 0 Å². The molecular weight excluding hydrogens is 295 g/mol. The first-order chi connectivity index (χ1) is 7.66. The van der Waals surface area contributed by atoms with Gasteiger partial charge in [-0.05, 0) is 28.9 Å². The third-order valence-electron chi connectivity index (χ3n) is 1.91. The Bertz CT molecular complexity index is 473. The number of pyridine rings is 1. The van der Waals surface area contributed by atoms with E-state index in [1.54, 1.807) is 12.3 Å². The number of hydrogen-bond acceptors (Lipinski definition) is 5. The van der Waals surface area contributed by atoms with E-state index in [0.717, 1.165) is 4.47 Å². The summed E-state index contributed by atoms with van der Waals surface area (Å²) in [6.07, 6.45) is 1.66. The molecule has 2 aromatic heterocycles. The molecule has 0 spiro atoms. The molecule has 0 saturated carbocycles. The minimum absolute atomic E-state index is 0.120. The molecule has 0 aromatic carbocycles. The molecule has 2 N–H and O–H groups in total. The van der Waals surface area contributed by atoms with Crippen LogP contribution in [0, 0.1) is 0 Å². The highest BCUT2D eigenvalue weighted by atomic mass is 79.9. The van der Waals surface area contributed by atoms with Crippen LogP contribution in [0.5, 0.6) is 0 Å². The Morgan fingerprint density at radius 2 is 2.38 bits per heavy atom. The van der Waals surface area contributed by atoms with E-state index >= 15 is 0 Å². The Hall–Kier alpha value is -1.21. The molecule has 2 aromatic rings. The quantitative estimate of drug-likeness (QED) is 0.908. The third kappa shape index (κ3) is 2.48. The van der Waals surface area contributed by atoms with Gasteiger partial charge in [0.25, 0.3) is 0 Å². The van der Waals surface area contributed by atoms with E-state index < -0.39 is 0 Å². The summed E-state index contributed by atoms with van der Waals surface area (Å²) in [4.78, 5) is 4.15. The third-order valence-corrected chi connectivity index (χ3v) is 2.63. The number of nitrogens with zero attached hydrogens (tertiary/aromatic N) is 4. The molecule has 84 valence electrons. The van der Waals surface area contributed by atoms with E-state index in [9.17, 15) is 0 Å². The lowest BCUT2D eigenvalue weighted by molar-refractivity contribution is 0.788. The first kappa shape index (κ1) is 11.3. The van der Waals surface area contributed by atoms with Crippen molar-refractivity contribution in [3.8, 4) is 0 Å². The van der Waals surface area contributed by atoms with E-state index in [0.29, 0.717) is 16.7 Å². The van der Waals surface area contributed by atoms with Crippen molar-refractivity contribution in [2.75, 3.05) is 5.32 Å². The van der Waals surface area contributed by atoms with Gasteiger partial charge in [0, 0.05) is 10.7 Å². The van der Waals surface area contributed by atoms with E-state index in [1.807, 2.05) is 6.92 Å². The molecule has 0 aliphatic carbocycles. The van der Waals surface area contributed by atoms with Gasteiger partial charge in [0.2, 0.25) is 0 Å². The second kappa shape index (κ2) is 4.75. The van der Waals surface area contributed by atoms with Crippen LogP contribution in [0.25, 0.3) is 0 Å². The SMILES string of the molecule is CC(Nc1ncc(Br)cc1Cl)c1nn[nH]n1. The van der Waals surface area contributed by atoms with Gasteiger partial charge in [-0.3, -0.25) is 0 Å². The van der Waals surface area contributed by atoms with Crippen LogP contribution in [0.4, 0.5) is 5.82 Å². The maximum atomic E-state index is 6.02. The molecule has 1 atom stereocenters. The number of halogens is 2. The summed E-state index contributed by atoms with van der Waals surface area (Å²) < 4.78 is 0.829. The van der Waals surface area contributed by atoms with Gasteiger partial charge < -0.3 is 5.32 Å². The number of aromatic amines is 1. The molecule has 16 heavy (non-hydrogen) atoms. The van der Waals surface area contributed by atoms with Crippen LogP contribution < -0.4 is 5.32 Å². The highest BCUT2D eigenvalue weighted by Gasteiger charge is 2.12. The van der Waals surface area contributed by atoms with Crippen LogP contribution in [0.1, 0.15) is 18.8 Å². The van der Waals surface area contributed by atoms with Crippen molar-refractivity contribution in [1.29, 1.82) is 0 Å². The van der Waals surface area contributed by atoms with Crippen molar-refractivity contribution in [3.05, 3.63) is 27.6 Å². The Balaban J connectivity index is 2.15. The lowest BCUT2D eigenvalue weighted by atomic mass is 10.3. The number of tetrazole rings is 1. The second-order valence-corrected chi connectivity index (χ2v) is 4.44. The summed E-state index contributed by atoms with van der Waals surface area (Å²) in [5, 5.41) is 17.2. The zero-order chi connectivity index (χ0) is 11.5. The fourth-order valence-electron chi connectivity index (χ4n) is 1.14. The summed E-state index contributed by atoms with van der Waals surface area (Å²) in [6, 6.07) is 1.64. The summed E-state index contributed by atoms with van der Waals surface area (Å²) in [5.74, 6) is 1.14. The van der Waals surface area contributed by atoms with Gasteiger partial charge in [0.05, 0.1) is 11.1 Å². The fraction of sp³-hybridized carbons (Fsp3) is 0.250. The molecule has 2 heterocycles. The highest BCUT2D eigenvalue weighted by molar-refractivity contribution is 9.10. The number of hydrogen-bond donors (Lipinski definition) is 2. The summed E-state index contributed by atoms with van der Waals surface area (Å²) >= 11 is 9.30. The Kier molecular flexibility index (Phi) is 3.35. The molecule has 2 rings (SSSR count). The topological polar surface area (TPSA) is 79.4 Å². The normalized spacial score (nSPS) is 12.4. The van der Waals surface area contributed by atoms with E-state index in [4.69, 9.17) is 11.6 Å². The second-order valence-electron chi connectivity index (χ2n) is 3.12. The minimum Gasteiger partial charge on any atom is -0.359 e. The Labute approximate surface area is 105 Å². The number of nitrogens with one attached hydrogen (secondary N) is 2. The predicted octanol–water partition coefficient (Wildman–Crippen LogP) is 2.18. The maximum absolute atomic E-state index is 6.02. The monoisotopic (exact) mass is 302 g/mol. The van der Waals surface area contributed by atoms with Crippen molar-refractivity contribution < 1.29 is 0 Å². The lowest BCUT2D eigenvalue weighted by Gasteiger charge is -2.11. The van der Waals surface area contributed by atoms with Crippen molar-refractivity contribution >= 4 is 33.3 Å². The first-order valence-corrected chi connectivity index (χ1v) is 5.65. The van der Waals surface area contributed by atoms with Crippen molar-refractivity contribution in [1.82, 2.24) is 25.6 Å². The average Bonchev–Trinajstić information content (AvgIpc) is 2.75. The van der Waals surface area contributed by atoms with Gasteiger partial charge in [0.1, 0.15) is 5.82 Å². The van der Waals surface area contributed by atoms with Gasteiger partial charge in [-0.2, -0.15) is 5.21 Å². The van der Waals surface area contributed by atoms with Crippen LogP contribution in [0.15, 0.2) is 16.7 Å². The zero-order valence-corrected chi connectivity index (χ0v) is 10.6. The van der Waals surface area contributed by atoms with Crippen LogP contribution in [0.2, 0.25) is 5.02 Å². The van der Waals surface area contributed by atoms with Gasteiger partial charge in [0.15, 0.2) is 5.82 Å². The molecule has 0 amide bonds. The first-order valence-electron chi connectivity index (χ1n) is 4.47. The maximum Gasteiger partial charge on any atom is 0.196 e. The van der Waals surface area contributed by atoms with Crippen LogP contribution in [0.3, 0.4) is 0 Å². The van der Waals surface area contributed by atoms with Crippen LogP contribution in [-0.2, 0) is 0 Å². The molecular formula is C8H8BrClN6. The highest BCUT2D eigenvalue weighted by Crippen LogP contribution is 2.25. The van der Waals surface area contributed by atoms with Crippen molar-refractivity contribution in [2.24, 2.45) is 0 Å². The van der Waals surface area contributed by atoms with Crippen molar-refractivity contribution in [2.45, 2.75) is 13.0 Å². The molecule has 0 radical (unpaired) electrons. The van der Waals surface area contributed by atoms with E-state index in [-0.39, 0.29) is 6.04 Å². The predicted molar refractivity (Wildman–Crippen MR) is 63.2 cm³/mol. The van der Waals surface area contributed by atoms with E-state index in [2.05, 4.69) is 46.9 Å². The van der Waals surface area contributed by atoms with Gasteiger partial charge >= 0.3 is 0 Å². The van der Waals surface area contributed by atoms with Crippen LogP contribution in [-0.4, -0.2) is 25.6 Å². The van der Waals surface area contributed by atoms with Crippen molar-refractivity contribution in [3.63, 3.8) is 0 Å². The number of rotatable bonds is 3. The summed E-state index contributed by atoms with van der Waals surface area (Å²) in [6.45, 7) is 1.89. The molecule has 0 aliphatic rings. The minimum atomic E-state index is -0.120. The lowest BCUT2D eigenvalue weighted by Crippen LogP contribution is -2.10. The molecule has 1 unspecified atom stereocenters. The molecule has 0 fully saturated rings. The van der Waals surface area contributed by atoms with Gasteiger partial charge in [-0.15, -0.1) is 10.2 Å². The summed E-state index contributed by atoms with van der Waals surface area (Å²) in [7, 11) is 0. The van der Waals surface area contributed by atoms with Gasteiger partial charge in [-0.25, -0.2) is 4.98 Å². The molecule has 0 bridgehead atoms. The Morgan fingerprint density at radius 1 is 1.56 bits per heavy atom. The Morgan fingerprint density at radius 3 is 3.00 bits per heavy atom. The molecule has 6 nitrogen and oxygen atoms in total. The van der Waals surface area contributed by atoms with Gasteiger partial charge in [-0.1, -0.05) is 16.8 Å². The number of anilines is 1. The summed E-state index contributed by atoms with van der Waals surface area (Å²) in [5.41, 5.74) is 0. The fourth-order valence-corrected chi connectivity index (χ4v) is 1.83. The molecule has 0 aliphatic heterocycles. The smallest absolute Gasteiger partial charge is 0.196 e. The van der Waals surface area contributed by atoms with Crippen LogP contribution >= 0.6 is 27.5 Å².